The maximum absolute atomic E-state index is 13.0. The summed E-state index contributed by atoms with van der Waals surface area (Å²) in [5, 5.41) is 14.1. The molecule has 6 nitrogen and oxygen atoms in total. The highest BCUT2D eigenvalue weighted by molar-refractivity contribution is 8.13. The van der Waals surface area contributed by atoms with Gasteiger partial charge in [-0.1, -0.05) is 60.6 Å². The number of fused-ring (bicyclic) bond motifs is 3. The lowest BCUT2D eigenvalue weighted by Crippen LogP contribution is -2.50. The Balaban J connectivity index is 1.58. The zero-order chi connectivity index (χ0) is 20.7. The van der Waals surface area contributed by atoms with Crippen LogP contribution in [0.1, 0.15) is 30.5 Å². The minimum Gasteiger partial charge on any atom is -0.457 e. The quantitative estimate of drug-likeness (QED) is 0.586. The number of hydrazone groups is 1. The van der Waals surface area contributed by atoms with Crippen LogP contribution in [-0.2, 0) is 4.79 Å². The summed E-state index contributed by atoms with van der Waals surface area (Å²) in [6, 6.07) is 18.6. The Kier molecular flexibility index (Phi) is 4.92. The highest BCUT2D eigenvalue weighted by Gasteiger charge is 2.43. The summed E-state index contributed by atoms with van der Waals surface area (Å²) < 4.78 is 6.19. The van der Waals surface area contributed by atoms with Gasteiger partial charge in [0.1, 0.15) is 11.5 Å². The van der Waals surface area contributed by atoms with Crippen molar-refractivity contribution < 1.29 is 9.21 Å². The summed E-state index contributed by atoms with van der Waals surface area (Å²) in [5.74, 6) is 2.03. The summed E-state index contributed by atoms with van der Waals surface area (Å²) in [4.78, 5) is 13.0. The SMILES string of the molecule is CCSC1=NN2[C@H](C(=O)N1)c1ccccc1N[C@H]2c1ccc(-c2ccccc2Cl)o1. The number of hydrogen-bond donors (Lipinski definition) is 2. The average Bonchev–Trinajstić information content (AvgIpc) is 3.23. The Labute approximate surface area is 183 Å². The number of benzene rings is 2. The van der Waals surface area contributed by atoms with Crippen molar-refractivity contribution in [3.63, 3.8) is 0 Å². The lowest BCUT2D eigenvalue weighted by atomic mass is 9.99. The van der Waals surface area contributed by atoms with E-state index in [0.717, 1.165) is 22.6 Å². The first-order chi connectivity index (χ1) is 14.7. The fourth-order valence-electron chi connectivity index (χ4n) is 3.76. The molecule has 2 atom stereocenters. The van der Waals surface area contributed by atoms with Crippen LogP contribution in [0.5, 0.6) is 0 Å². The average molecular weight is 439 g/mol. The van der Waals surface area contributed by atoms with E-state index in [4.69, 9.17) is 21.1 Å². The van der Waals surface area contributed by atoms with Crippen LogP contribution in [-0.4, -0.2) is 21.8 Å². The lowest BCUT2D eigenvalue weighted by molar-refractivity contribution is -0.127. The molecule has 2 aromatic carbocycles. The van der Waals surface area contributed by atoms with Gasteiger partial charge in [0.15, 0.2) is 17.4 Å². The molecule has 1 aromatic heterocycles. The normalized spacial score (nSPS) is 20.0. The fourth-order valence-corrected chi connectivity index (χ4v) is 4.59. The number of amidine groups is 1. The number of nitrogens with zero attached hydrogens (tertiary/aromatic N) is 2. The molecule has 0 saturated carbocycles. The van der Waals surface area contributed by atoms with E-state index in [0.29, 0.717) is 21.7 Å². The van der Waals surface area contributed by atoms with E-state index in [1.54, 1.807) is 5.01 Å². The summed E-state index contributed by atoms with van der Waals surface area (Å²) in [7, 11) is 0. The van der Waals surface area contributed by atoms with E-state index in [2.05, 4.69) is 10.6 Å². The topological polar surface area (TPSA) is 69.9 Å². The van der Waals surface area contributed by atoms with Gasteiger partial charge in [-0.15, -0.1) is 5.10 Å². The molecule has 0 radical (unpaired) electrons. The van der Waals surface area contributed by atoms with Gasteiger partial charge in [0.2, 0.25) is 0 Å². The number of furan rings is 1. The van der Waals surface area contributed by atoms with Crippen LogP contribution in [0.3, 0.4) is 0 Å². The van der Waals surface area contributed by atoms with Crippen LogP contribution >= 0.6 is 23.4 Å². The number of halogens is 1. The fraction of sp³-hybridized carbons (Fsp3) is 0.182. The van der Waals surface area contributed by atoms with Gasteiger partial charge >= 0.3 is 0 Å². The molecule has 0 bridgehead atoms. The van der Waals surface area contributed by atoms with Crippen LogP contribution in [0.4, 0.5) is 5.69 Å². The van der Waals surface area contributed by atoms with Crippen LogP contribution in [0, 0.1) is 0 Å². The Morgan fingerprint density at radius 1 is 1.13 bits per heavy atom. The maximum Gasteiger partial charge on any atom is 0.255 e. The van der Waals surface area contributed by atoms with Crippen LogP contribution in [0.25, 0.3) is 11.3 Å². The van der Waals surface area contributed by atoms with Crippen LogP contribution in [0.2, 0.25) is 5.02 Å². The molecule has 152 valence electrons. The third-order valence-electron chi connectivity index (χ3n) is 5.08. The van der Waals surface area contributed by atoms with Gasteiger partial charge in [-0.05, 0) is 36.1 Å². The second kappa shape index (κ2) is 7.74. The largest absolute Gasteiger partial charge is 0.457 e. The second-order valence-corrected chi connectivity index (χ2v) is 8.59. The molecular formula is C22H19ClN4O2S. The third kappa shape index (κ3) is 3.24. The zero-order valence-corrected chi connectivity index (χ0v) is 17.7. The van der Waals surface area contributed by atoms with Crippen molar-refractivity contribution in [1.29, 1.82) is 0 Å². The van der Waals surface area contributed by atoms with E-state index < -0.39 is 12.2 Å². The molecule has 1 amide bonds. The predicted octanol–water partition coefficient (Wildman–Crippen LogP) is 5.22. The van der Waals surface area contributed by atoms with Gasteiger partial charge in [-0.25, -0.2) is 5.01 Å². The number of anilines is 1. The first kappa shape index (κ1) is 19.1. The van der Waals surface area contributed by atoms with E-state index in [9.17, 15) is 4.79 Å². The molecule has 2 aliphatic heterocycles. The zero-order valence-electron chi connectivity index (χ0n) is 16.1. The third-order valence-corrected chi connectivity index (χ3v) is 6.15. The number of nitrogens with one attached hydrogen (secondary N) is 2. The Bertz CT molecular complexity index is 1150. The van der Waals surface area contributed by atoms with Crippen molar-refractivity contribution in [2.24, 2.45) is 5.10 Å². The number of carbonyl (C=O) groups excluding carboxylic acids is 1. The van der Waals surface area contributed by atoms with Gasteiger partial charge in [0, 0.05) is 16.8 Å². The van der Waals surface area contributed by atoms with Gasteiger partial charge in [-0.3, -0.25) is 4.79 Å². The van der Waals surface area contributed by atoms with E-state index in [1.807, 2.05) is 67.6 Å². The smallest absolute Gasteiger partial charge is 0.255 e. The molecule has 0 aliphatic carbocycles. The number of hydrogen-bond acceptors (Lipinski definition) is 6. The number of carbonyl (C=O) groups is 1. The molecule has 5 rings (SSSR count). The molecule has 30 heavy (non-hydrogen) atoms. The number of thioether (sulfide) groups is 1. The van der Waals surface area contributed by atoms with Crippen molar-refractivity contribution in [1.82, 2.24) is 10.3 Å². The predicted molar refractivity (Wildman–Crippen MR) is 120 cm³/mol. The Hall–Kier alpha value is -2.90. The number of amides is 1. The highest BCUT2D eigenvalue weighted by atomic mass is 35.5. The summed E-state index contributed by atoms with van der Waals surface area (Å²) in [6.45, 7) is 2.02. The molecule has 2 N–H and O–H groups in total. The maximum atomic E-state index is 13.0. The van der Waals surface area contributed by atoms with Gasteiger partial charge in [-0.2, -0.15) is 0 Å². The molecule has 0 unspecified atom stereocenters. The van der Waals surface area contributed by atoms with Crippen molar-refractivity contribution in [2.75, 3.05) is 11.1 Å². The Morgan fingerprint density at radius 3 is 2.77 bits per heavy atom. The van der Waals surface area contributed by atoms with Crippen molar-refractivity contribution in [3.8, 4) is 11.3 Å². The monoisotopic (exact) mass is 438 g/mol. The van der Waals surface area contributed by atoms with E-state index in [-0.39, 0.29) is 5.91 Å². The van der Waals surface area contributed by atoms with E-state index in [1.165, 1.54) is 11.8 Å². The molecule has 0 spiro atoms. The molecular weight excluding hydrogens is 420 g/mol. The summed E-state index contributed by atoms with van der Waals surface area (Å²) >= 11 is 7.84. The molecule has 0 saturated heterocycles. The van der Waals surface area contributed by atoms with Gasteiger partial charge < -0.3 is 15.1 Å². The van der Waals surface area contributed by atoms with Gasteiger partial charge in [0.25, 0.3) is 5.91 Å². The minimum absolute atomic E-state index is 0.0993. The molecule has 3 aromatic rings. The lowest BCUT2D eigenvalue weighted by Gasteiger charge is -2.42. The second-order valence-electron chi connectivity index (χ2n) is 6.93. The summed E-state index contributed by atoms with van der Waals surface area (Å²) in [5.41, 5.74) is 2.59. The van der Waals surface area contributed by atoms with Crippen LogP contribution < -0.4 is 10.6 Å². The van der Waals surface area contributed by atoms with E-state index >= 15 is 0 Å². The first-order valence-electron chi connectivity index (χ1n) is 9.66. The molecule has 0 fully saturated rings. The summed E-state index contributed by atoms with van der Waals surface area (Å²) in [6.07, 6.45) is -0.431. The first-order valence-corrected chi connectivity index (χ1v) is 11.0. The van der Waals surface area contributed by atoms with Crippen molar-refractivity contribution in [2.45, 2.75) is 19.1 Å². The molecule has 8 heteroatoms. The number of rotatable bonds is 3. The molecule has 3 heterocycles. The Morgan fingerprint density at radius 2 is 1.93 bits per heavy atom. The highest BCUT2D eigenvalue weighted by Crippen LogP contribution is 2.43. The molecule has 2 aliphatic rings. The van der Waals surface area contributed by atoms with Crippen LogP contribution in [0.15, 0.2) is 70.2 Å². The van der Waals surface area contributed by atoms with Crippen molar-refractivity contribution >= 4 is 40.1 Å². The standard InChI is InChI=1S/C22H19ClN4O2S/c1-2-30-22-25-21(28)19-14-8-4-6-10-16(14)24-20(27(19)26-22)18-12-11-17(29-18)13-7-3-5-9-15(13)23/h3-12,19-20,24H,2H2,1H3,(H,25,26,28)/t19-,20+/m0/s1. The van der Waals surface area contributed by atoms with Gasteiger partial charge in [0.05, 0.1) is 5.02 Å². The van der Waals surface area contributed by atoms with Crippen molar-refractivity contribution in [3.05, 3.63) is 77.0 Å². The minimum atomic E-state index is -0.539. The number of para-hydroxylation sites is 1.